The molecule has 1 heterocycles. The molecule has 0 bridgehead atoms. The first-order valence-electron chi connectivity index (χ1n) is 8.38. The fourth-order valence-corrected chi connectivity index (χ4v) is 2.89. The molecule has 0 aromatic heterocycles. The molecule has 1 N–H and O–H groups in total. The van der Waals surface area contributed by atoms with Gasteiger partial charge < -0.3 is 4.74 Å². The van der Waals surface area contributed by atoms with E-state index in [0.29, 0.717) is 17.0 Å². The van der Waals surface area contributed by atoms with Crippen LogP contribution < -0.4 is 15.2 Å². The molecule has 2 aromatic carbocycles. The van der Waals surface area contributed by atoms with E-state index in [1.54, 1.807) is 18.2 Å². The van der Waals surface area contributed by atoms with Crippen molar-refractivity contribution in [1.29, 1.82) is 0 Å². The predicted octanol–water partition coefficient (Wildman–Crippen LogP) is 4.09. The maximum atomic E-state index is 12.7. The van der Waals surface area contributed by atoms with Crippen molar-refractivity contribution in [2.45, 2.75) is 26.4 Å². The van der Waals surface area contributed by atoms with Gasteiger partial charge in [-0.1, -0.05) is 41.1 Å². The summed E-state index contributed by atoms with van der Waals surface area (Å²) < 4.78 is 6.76. The molecule has 1 fully saturated rings. The molecule has 2 aromatic rings. The van der Waals surface area contributed by atoms with E-state index in [2.05, 4.69) is 21.4 Å². The first kappa shape index (κ1) is 18.2. The van der Waals surface area contributed by atoms with Crippen LogP contribution in [0.15, 0.2) is 58.6 Å². The Morgan fingerprint density at radius 3 is 2.62 bits per heavy atom. The molecule has 1 unspecified atom stereocenters. The molecule has 6 heteroatoms. The van der Waals surface area contributed by atoms with Gasteiger partial charge in [-0.25, -0.2) is 5.01 Å². The minimum absolute atomic E-state index is 0.0299. The van der Waals surface area contributed by atoms with E-state index >= 15 is 0 Å². The van der Waals surface area contributed by atoms with Gasteiger partial charge in [-0.15, -0.1) is 0 Å². The molecule has 5 nitrogen and oxygen atoms in total. The van der Waals surface area contributed by atoms with E-state index < -0.39 is 11.8 Å². The van der Waals surface area contributed by atoms with Crippen LogP contribution in [0.5, 0.6) is 5.75 Å². The number of ether oxygens (including phenoxy) is 1. The SMILES string of the molecule is CCC(C)Oc1ccc(Br)cc1C=C1C(=O)NN(c2ccccc2)C1=O. The summed E-state index contributed by atoms with van der Waals surface area (Å²) >= 11 is 3.43. The van der Waals surface area contributed by atoms with Crippen molar-refractivity contribution in [3.05, 3.63) is 64.1 Å². The van der Waals surface area contributed by atoms with E-state index in [4.69, 9.17) is 4.74 Å². The van der Waals surface area contributed by atoms with Crippen molar-refractivity contribution < 1.29 is 14.3 Å². The topological polar surface area (TPSA) is 58.6 Å². The smallest absolute Gasteiger partial charge is 0.282 e. The van der Waals surface area contributed by atoms with Gasteiger partial charge in [0.1, 0.15) is 11.3 Å². The van der Waals surface area contributed by atoms with Crippen LogP contribution >= 0.6 is 15.9 Å². The lowest BCUT2D eigenvalue weighted by Gasteiger charge is -2.15. The van der Waals surface area contributed by atoms with E-state index in [-0.39, 0.29) is 11.7 Å². The second-order valence-electron chi connectivity index (χ2n) is 5.99. The van der Waals surface area contributed by atoms with Crippen LogP contribution in [0, 0.1) is 0 Å². The molecular formula is C20H19BrN2O3. The van der Waals surface area contributed by atoms with Crippen molar-refractivity contribution in [3.63, 3.8) is 0 Å². The fourth-order valence-electron chi connectivity index (χ4n) is 2.51. The molecular weight excluding hydrogens is 396 g/mol. The van der Waals surface area contributed by atoms with Crippen molar-refractivity contribution in [2.24, 2.45) is 0 Å². The quantitative estimate of drug-likeness (QED) is 0.591. The Hall–Kier alpha value is -2.60. The van der Waals surface area contributed by atoms with Gasteiger partial charge in [0.2, 0.25) is 0 Å². The van der Waals surface area contributed by atoms with Crippen LogP contribution in [0.1, 0.15) is 25.8 Å². The van der Waals surface area contributed by atoms with E-state index in [9.17, 15) is 9.59 Å². The molecule has 1 aliphatic heterocycles. The van der Waals surface area contributed by atoms with Crippen LogP contribution in [-0.2, 0) is 9.59 Å². The number of carbonyl (C=O) groups is 2. The molecule has 0 saturated carbocycles. The van der Waals surface area contributed by atoms with Gasteiger partial charge in [-0.2, -0.15) is 0 Å². The zero-order valence-electron chi connectivity index (χ0n) is 14.5. The zero-order valence-corrected chi connectivity index (χ0v) is 16.1. The maximum absolute atomic E-state index is 12.7. The van der Waals surface area contributed by atoms with Crippen LogP contribution in [0.2, 0.25) is 0 Å². The van der Waals surface area contributed by atoms with Gasteiger partial charge >= 0.3 is 0 Å². The van der Waals surface area contributed by atoms with Gasteiger partial charge in [0, 0.05) is 10.0 Å². The van der Waals surface area contributed by atoms with E-state index in [1.807, 2.05) is 50.2 Å². The highest BCUT2D eigenvalue weighted by Crippen LogP contribution is 2.29. The summed E-state index contributed by atoms with van der Waals surface area (Å²) in [7, 11) is 0. The summed E-state index contributed by atoms with van der Waals surface area (Å²) in [5, 5.41) is 1.25. The van der Waals surface area contributed by atoms with Crippen molar-refractivity contribution in [3.8, 4) is 5.75 Å². The Morgan fingerprint density at radius 1 is 1.19 bits per heavy atom. The summed E-state index contributed by atoms with van der Waals surface area (Å²) in [6.45, 7) is 4.01. The average molecular weight is 415 g/mol. The highest BCUT2D eigenvalue weighted by Gasteiger charge is 2.34. The summed E-state index contributed by atoms with van der Waals surface area (Å²) in [6.07, 6.45) is 2.46. The molecule has 0 radical (unpaired) electrons. The van der Waals surface area contributed by atoms with Crippen LogP contribution in [0.4, 0.5) is 5.69 Å². The fraction of sp³-hybridized carbons (Fsp3) is 0.200. The van der Waals surface area contributed by atoms with E-state index in [1.165, 1.54) is 5.01 Å². The molecule has 26 heavy (non-hydrogen) atoms. The first-order valence-corrected chi connectivity index (χ1v) is 9.17. The number of anilines is 1. The van der Waals surface area contributed by atoms with Gasteiger partial charge in [-0.05, 0) is 49.8 Å². The third-order valence-electron chi connectivity index (χ3n) is 4.08. The monoisotopic (exact) mass is 414 g/mol. The first-order chi connectivity index (χ1) is 12.5. The lowest BCUT2D eigenvalue weighted by atomic mass is 10.1. The predicted molar refractivity (Wildman–Crippen MR) is 105 cm³/mol. The number of nitrogens with zero attached hydrogens (tertiary/aromatic N) is 1. The largest absolute Gasteiger partial charge is 0.490 e. The van der Waals surface area contributed by atoms with Crippen LogP contribution in [-0.4, -0.2) is 17.9 Å². The Morgan fingerprint density at radius 2 is 1.92 bits per heavy atom. The van der Waals surface area contributed by atoms with Gasteiger partial charge in [0.15, 0.2) is 0 Å². The summed E-state index contributed by atoms with van der Waals surface area (Å²) in [5.74, 6) is -0.196. The number of carbonyl (C=O) groups excluding carboxylic acids is 2. The van der Waals surface area contributed by atoms with E-state index in [0.717, 1.165) is 10.9 Å². The minimum atomic E-state index is -0.437. The number of hydrogen-bond donors (Lipinski definition) is 1. The second kappa shape index (κ2) is 7.74. The molecule has 0 aliphatic carbocycles. The van der Waals surface area contributed by atoms with Gasteiger partial charge in [0.25, 0.3) is 11.8 Å². The maximum Gasteiger partial charge on any atom is 0.282 e. The lowest BCUT2D eigenvalue weighted by Crippen LogP contribution is -2.35. The Labute approximate surface area is 160 Å². The molecule has 3 rings (SSSR count). The number of para-hydroxylation sites is 1. The molecule has 1 aliphatic rings. The third-order valence-corrected chi connectivity index (χ3v) is 4.57. The second-order valence-corrected chi connectivity index (χ2v) is 6.91. The Balaban J connectivity index is 1.96. The summed E-state index contributed by atoms with van der Waals surface area (Å²) in [5.41, 5.74) is 3.96. The van der Waals surface area contributed by atoms with Crippen molar-refractivity contribution in [1.82, 2.24) is 5.43 Å². The number of benzene rings is 2. The number of hydrazine groups is 1. The van der Waals surface area contributed by atoms with Crippen molar-refractivity contribution in [2.75, 3.05) is 5.01 Å². The standard InChI is InChI=1S/C20H19BrN2O3/c1-3-13(2)26-18-10-9-15(21)11-14(18)12-17-19(24)22-23(20(17)25)16-7-5-4-6-8-16/h4-13H,3H2,1-2H3,(H,22,24). The normalized spacial score (nSPS) is 16.7. The number of rotatable bonds is 5. The van der Waals surface area contributed by atoms with Gasteiger partial charge in [0.05, 0.1) is 11.8 Å². The molecule has 2 amide bonds. The minimum Gasteiger partial charge on any atom is -0.490 e. The summed E-state index contributed by atoms with van der Waals surface area (Å²) in [6, 6.07) is 14.5. The third kappa shape index (κ3) is 3.80. The van der Waals surface area contributed by atoms with Crippen LogP contribution in [0.3, 0.4) is 0 Å². The highest BCUT2D eigenvalue weighted by molar-refractivity contribution is 9.10. The molecule has 1 atom stereocenters. The summed E-state index contributed by atoms with van der Waals surface area (Å²) in [4.78, 5) is 25.1. The number of halogens is 1. The molecule has 0 spiro atoms. The van der Waals surface area contributed by atoms with Gasteiger partial charge in [-0.3, -0.25) is 15.0 Å². The zero-order chi connectivity index (χ0) is 18.7. The Kier molecular flexibility index (Phi) is 5.42. The van der Waals surface area contributed by atoms with Crippen molar-refractivity contribution >= 4 is 39.5 Å². The average Bonchev–Trinajstić information content (AvgIpc) is 2.92. The lowest BCUT2D eigenvalue weighted by molar-refractivity contribution is -0.117. The highest BCUT2D eigenvalue weighted by atomic mass is 79.9. The number of hydrogen-bond acceptors (Lipinski definition) is 3. The number of amides is 2. The Bertz CT molecular complexity index is 865. The molecule has 134 valence electrons. The number of nitrogens with one attached hydrogen (secondary N) is 1. The molecule has 1 saturated heterocycles. The van der Waals surface area contributed by atoms with Crippen LogP contribution in [0.25, 0.3) is 6.08 Å².